The summed E-state index contributed by atoms with van der Waals surface area (Å²) in [6, 6.07) is 4.60. The molecule has 0 aliphatic carbocycles. The molecule has 0 spiro atoms. The van der Waals surface area contributed by atoms with Crippen LogP contribution in [0.25, 0.3) is 11.1 Å². The normalized spacial score (nSPS) is 16.5. The predicted molar refractivity (Wildman–Crippen MR) is 76.2 cm³/mol. The van der Waals surface area contributed by atoms with E-state index in [1.54, 1.807) is 12.1 Å². The first-order valence-electron chi connectivity index (χ1n) is 6.54. The minimum Gasteiger partial charge on any atom is -0.382 e. The van der Waals surface area contributed by atoms with Crippen LogP contribution in [0.4, 0.5) is 10.2 Å². The van der Waals surface area contributed by atoms with Gasteiger partial charge in [0.05, 0.1) is 10.6 Å². The second-order valence-electron chi connectivity index (χ2n) is 4.88. The lowest BCUT2D eigenvalue weighted by atomic mass is 9.91. The van der Waals surface area contributed by atoms with Crippen molar-refractivity contribution >= 4 is 17.4 Å². The second-order valence-corrected chi connectivity index (χ2v) is 5.29. The van der Waals surface area contributed by atoms with E-state index in [1.165, 1.54) is 6.07 Å². The van der Waals surface area contributed by atoms with Gasteiger partial charge in [0.1, 0.15) is 5.82 Å². The number of nitrogens with two attached hydrogens (primary N) is 1. The lowest BCUT2D eigenvalue weighted by Gasteiger charge is -2.22. The Kier molecular flexibility index (Phi) is 3.63. The molecule has 20 heavy (non-hydrogen) atoms. The van der Waals surface area contributed by atoms with Crippen molar-refractivity contribution in [1.82, 2.24) is 10.2 Å². The average Bonchev–Trinajstić information content (AvgIpc) is 2.82. The quantitative estimate of drug-likeness (QED) is 0.893. The summed E-state index contributed by atoms with van der Waals surface area (Å²) in [5.74, 6) is 0.122. The summed E-state index contributed by atoms with van der Waals surface area (Å²) in [4.78, 5) is 0. The van der Waals surface area contributed by atoms with Crippen molar-refractivity contribution in [3.8, 4) is 11.1 Å². The van der Waals surface area contributed by atoms with Crippen LogP contribution in [0.15, 0.2) is 18.2 Å². The van der Waals surface area contributed by atoms with E-state index in [0.717, 1.165) is 18.5 Å². The van der Waals surface area contributed by atoms with Gasteiger partial charge in [0.15, 0.2) is 5.82 Å². The van der Waals surface area contributed by atoms with Crippen molar-refractivity contribution in [2.45, 2.75) is 18.8 Å². The lowest BCUT2D eigenvalue weighted by molar-refractivity contribution is 0.0846. The Morgan fingerprint density at radius 3 is 2.75 bits per heavy atom. The molecule has 0 radical (unpaired) electrons. The van der Waals surface area contributed by atoms with Crippen molar-refractivity contribution in [2.24, 2.45) is 0 Å². The topological polar surface area (TPSA) is 63.9 Å². The molecular weight excluding hydrogens is 281 g/mol. The van der Waals surface area contributed by atoms with Crippen LogP contribution in [0.5, 0.6) is 0 Å². The largest absolute Gasteiger partial charge is 0.382 e. The third-order valence-electron chi connectivity index (χ3n) is 3.66. The highest BCUT2D eigenvalue weighted by Gasteiger charge is 2.26. The van der Waals surface area contributed by atoms with Crippen LogP contribution < -0.4 is 5.73 Å². The maximum atomic E-state index is 14.1. The molecule has 1 aliphatic rings. The highest BCUT2D eigenvalue weighted by atomic mass is 35.5. The number of hydrogen-bond donors (Lipinski definition) is 2. The number of anilines is 1. The molecule has 6 heteroatoms. The maximum Gasteiger partial charge on any atom is 0.153 e. The molecule has 2 aromatic rings. The van der Waals surface area contributed by atoms with E-state index in [-0.39, 0.29) is 17.6 Å². The zero-order valence-electron chi connectivity index (χ0n) is 10.8. The smallest absolute Gasteiger partial charge is 0.153 e. The number of nitrogens with one attached hydrogen (secondary N) is 1. The predicted octanol–water partition coefficient (Wildman–Crippen LogP) is 3.35. The van der Waals surface area contributed by atoms with Crippen molar-refractivity contribution < 1.29 is 9.13 Å². The molecule has 1 saturated heterocycles. The Labute approximate surface area is 121 Å². The minimum absolute atomic E-state index is 0.235. The molecule has 1 aromatic heterocycles. The van der Waals surface area contributed by atoms with E-state index in [9.17, 15) is 4.39 Å². The zero-order chi connectivity index (χ0) is 14.1. The van der Waals surface area contributed by atoms with E-state index in [0.29, 0.717) is 29.4 Å². The van der Waals surface area contributed by atoms with Crippen LogP contribution in [0.3, 0.4) is 0 Å². The number of benzene rings is 1. The summed E-state index contributed by atoms with van der Waals surface area (Å²) >= 11 is 6.14. The summed E-state index contributed by atoms with van der Waals surface area (Å²) in [5, 5.41) is 7.32. The van der Waals surface area contributed by atoms with Crippen molar-refractivity contribution in [2.75, 3.05) is 18.9 Å². The van der Waals surface area contributed by atoms with Gasteiger partial charge in [0.25, 0.3) is 0 Å². The highest BCUT2D eigenvalue weighted by molar-refractivity contribution is 6.33. The fraction of sp³-hybridized carbons (Fsp3) is 0.357. The van der Waals surface area contributed by atoms with E-state index in [1.807, 2.05) is 0 Å². The minimum atomic E-state index is -0.390. The molecule has 1 aliphatic heterocycles. The van der Waals surface area contributed by atoms with Gasteiger partial charge >= 0.3 is 0 Å². The number of nitrogens with zero attached hydrogens (tertiary/aromatic N) is 1. The Hall–Kier alpha value is -1.59. The van der Waals surface area contributed by atoms with Crippen LogP contribution in [-0.4, -0.2) is 23.4 Å². The van der Waals surface area contributed by atoms with Gasteiger partial charge in [0, 0.05) is 30.4 Å². The third-order valence-corrected chi connectivity index (χ3v) is 3.98. The highest BCUT2D eigenvalue weighted by Crippen LogP contribution is 2.40. The lowest BCUT2D eigenvalue weighted by Crippen LogP contribution is -2.15. The first kappa shape index (κ1) is 13.4. The van der Waals surface area contributed by atoms with E-state index in [2.05, 4.69) is 10.2 Å². The molecule has 0 amide bonds. The number of aromatic nitrogens is 2. The number of ether oxygens (including phenoxy) is 1. The number of aromatic amines is 1. The summed E-state index contributed by atoms with van der Waals surface area (Å²) in [7, 11) is 0. The number of halogens is 2. The Balaban J connectivity index is 2.11. The Morgan fingerprint density at radius 1 is 1.30 bits per heavy atom. The average molecular weight is 296 g/mol. The summed E-state index contributed by atoms with van der Waals surface area (Å²) in [6.45, 7) is 1.38. The standard InChI is InChI=1S/C14H15ClFN3O/c15-9-2-1-3-10(16)11(9)12-13(18-19-14(12)17)8-4-6-20-7-5-8/h1-3,8H,4-7H2,(H3,17,18,19). The molecule has 1 fully saturated rings. The van der Waals surface area contributed by atoms with E-state index >= 15 is 0 Å². The molecule has 3 rings (SSSR count). The van der Waals surface area contributed by atoms with Gasteiger partial charge in [0.2, 0.25) is 0 Å². The number of H-pyrrole nitrogens is 1. The molecule has 3 N–H and O–H groups in total. The third kappa shape index (κ3) is 2.27. The molecule has 4 nitrogen and oxygen atoms in total. The SMILES string of the molecule is Nc1n[nH]c(C2CCOCC2)c1-c1c(F)cccc1Cl. The molecule has 0 saturated carbocycles. The maximum absolute atomic E-state index is 14.1. The summed E-state index contributed by atoms with van der Waals surface area (Å²) < 4.78 is 19.5. The van der Waals surface area contributed by atoms with Gasteiger partial charge in [-0.3, -0.25) is 5.10 Å². The van der Waals surface area contributed by atoms with Gasteiger partial charge in [-0.1, -0.05) is 17.7 Å². The van der Waals surface area contributed by atoms with Crippen molar-refractivity contribution in [3.63, 3.8) is 0 Å². The summed E-state index contributed by atoms with van der Waals surface area (Å²) in [6.07, 6.45) is 1.72. The molecule has 2 heterocycles. The van der Waals surface area contributed by atoms with Gasteiger partial charge in [-0.25, -0.2) is 4.39 Å². The molecular formula is C14H15ClFN3O. The van der Waals surface area contributed by atoms with Crippen LogP contribution in [-0.2, 0) is 4.74 Å². The molecule has 106 valence electrons. The van der Waals surface area contributed by atoms with Crippen LogP contribution in [0.1, 0.15) is 24.5 Å². The van der Waals surface area contributed by atoms with Gasteiger partial charge in [-0.2, -0.15) is 5.10 Å². The molecule has 1 aromatic carbocycles. The summed E-state index contributed by atoms with van der Waals surface area (Å²) in [5.41, 5.74) is 7.67. The van der Waals surface area contributed by atoms with Gasteiger partial charge < -0.3 is 10.5 Å². The molecule has 0 unspecified atom stereocenters. The Morgan fingerprint density at radius 2 is 2.05 bits per heavy atom. The molecule has 0 atom stereocenters. The first-order chi connectivity index (χ1) is 9.68. The fourth-order valence-corrected chi connectivity index (χ4v) is 2.91. The number of nitrogen functional groups attached to an aromatic ring is 1. The molecule has 0 bridgehead atoms. The fourth-order valence-electron chi connectivity index (χ4n) is 2.65. The monoisotopic (exact) mass is 295 g/mol. The first-order valence-corrected chi connectivity index (χ1v) is 6.92. The van der Waals surface area contributed by atoms with Gasteiger partial charge in [-0.15, -0.1) is 0 Å². The van der Waals surface area contributed by atoms with E-state index in [4.69, 9.17) is 22.1 Å². The number of hydrogen-bond acceptors (Lipinski definition) is 3. The zero-order valence-corrected chi connectivity index (χ0v) is 11.6. The van der Waals surface area contributed by atoms with Crippen molar-refractivity contribution in [3.05, 3.63) is 34.7 Å². The van der Waals surface area contributed by atoms with Crippen LogP contribution >= 0.6 is 11.6 Å². The second kappa shape index (κ2) is 5.42. The van der Waals surface area contributed by atoms with Crippen molar-refractivity contribution in [1.29, 1.82) is 0 Å². The van der Waals surface area contributed by atoms with Gasteiger partial charge in [-0.05, 0) is 25.0 Å². The van der Waals surface area contributed by atoms with Crippen LogP contribution in [0.2, 0.25) is 5.02 Å². The van der Waals surface area contributed by atoms with Crippen LogP contribution in [0, 0.1) is 5.82 Å². The Bertz CT molecular complexity index is 603. The number of rotatable bonds is 2. The van der Waals surface area contributed by atoms with E-state index < -0.39 is 0 Å².